The SMILES string of the molecule is CO[C@@H]1C[C@H](C[C@@H](C)[C@@H]2CC(=O)[C@H](C)/C=C(\C)[C@@H](O)[C@@H](OC)C(=O)[C@H](C)C[C@H](C)/C=C/C=C/C=C(\C)C(C)CC3CC[C@@H](C)[C@@](O)(O3)C(=O)C(=O)N3CCCCC3C(=O)O2)CC[C@H]1O. The summed E-state index contributed by atoms with van der Waals surface area (Å²) in [4.78, 5) is 71.7. The van der Waals surface area contributed by atoms with Crippen molar-refractivity contribution < 1.29 is 58.2 Å². The summed E-state index contributed by atoms with van der Waals surface area (Å²) in [5.74, 6) is -7.66. The first kappa shape index (κ1) is 53.3. The predicted molar refractivity (Wildman–Crippen MR) is 244 cm³/mol. The van der Waals surface area contributed by atoms with E-state index in [0.717, 1.165) is 12.0 Å². The molecule has 3 heterocycles. The monoisotopic (exact) mass is 898 g/mol. The Morgan fingerprint density at radius 3 is 2.25 bits per heavy atom. The number of aliphatic hydroxyl groups excluding tert-OH is 2. The summed E-state index contributed by atoms with van der Waals surface area (Å²) >= 11 is 0. The number of nitrogens with zero attached hydrogens (tertiary/aromatic N) is 1. The molecule has 4 rings (SSSR count). The van der Waals surface area contributed by atoms with Crippen LogP contribution in [0.15, 0.2) is 47.6 Å². The van der Waals surface area contributed by atoms with Crippen molar-refractivity contribution in [1.29, 1.82) is 0 Å². The molecule has 15 atom stereocenters. The molecule has 13 nitrogen and oxygen atoms in total. The van der Waals surface area contributed by atoms with Gasteiger partial charge in [-0.25, -0.2) is 4.79 Å². The summed E-state index contributed by atoms with van der Waals surface area (Å²) in [6.07, 6.45) is 12.5. The van der Waals surface area contributed by atoms with Gasteiger partial charge < -0.3 is 39.2 Å². The van der Waals surface area contributed by atoms with Gasteiger partial charge in [0.2, 0.25) is 5.79 Å². The molecule has 0 aromatic rings. The number of carbonyl (C=O) groups excluding carboxylic acids is 5. The molecule has 3 unspecified atom stereocenters. The van der Waals surface area contributed by atoms with Crippen molar-refractivity contribution in [3.05, 3.63) is 47.6 Å². The van der Waals surface area contributed by atoms with Crippen molar-refractivity contribution >= 4 is 29.2 Å². The van der Waals surface area contributed by atoms with Crippen LogP contribution in [0, 0.1) is 41.4 Å². The number of esters is 1. The van der Waals surface area contributed by atoms with Crippen LogP contribution in [-0.4, -0.2) is 119 Å². The average Bonchev–Trinajstić information content (AvgIpc) is 3.26. The number of amides is 1. The molecule has 1 saturated carbocycles. The minimum Gasteiger partial charge on any atom is -0.460 e. The van der Waals surface area contributed by atoms with Gasteiger partial charge in [-0.2, -0.15) is 0 Å². The maximum atomic E-state index is 14.3. The molecular weight excluding hydrogens is 819 g/mol. The van der Waals surface area contributed by atoms with Gasteiger partial charge in [-0.1, -0.05) is 83.6 Å². The highest BCUT2D eigenvalue weighted by Crippen LogP contribution is 2.38. The van der Waals surface area contributed by atoms with Gasteiger partial charge in [0.15, 0.2) is 5.78 Å². The van der Waals surface area contributed by atoms with Crippen LogP contribution in [0.3, 0.4) is 0 Å². The van der Waals surface area contributed by atoms with Crippen molar-refractivity contribution in [2.75, 3.05) is 20.8 Å². The number of ether oxygens (including phenoxy) is 4. The number of hydrogen-bond acceptors (Lipinski definition) is 12. The molecule has 3 N–H and O–H groups in total. The van der Waals surface area contributed by atoms with Crippen LogP contribution in [0.5, 0.6) is 0 Å². The number of hydrogen-bond donors (Lipinski definition) is 3. The standard InChI is InChI=1S/C51H79NO12/c1-30-16-12-11-13-17-31(2)32(3)27-39-21-19-37(8)51(60,64-39)48(57)49(58)52-23-15-14-18-40(52)50(59)63-43(34(5)26-38-20-22-41(53)44(28-38)61-9)29-42(54)33(4)25-36(7)46(56)47(62-10)45(55)35(6)24-30/h11-13,16-17,25,30,32-35,37-41,43-44,46-47,53,56,60H,14-15,18-24,26-29H2,1-10H3/b13-11+,16-12+,31-17+,36-25+/t30-,32?,33-,34-,35-,37-,38+,39?,40?,41-,43+,44-,46-,47+,51-/m1/s1. The zero-order valence-corrected chi connectivity index (χ0v) is 40.2. The number of methoxy groups -OCH3 is 2. The first-order chi connectivity index (χ1) is 30.2. The molecule has 360 valence electrons. The highest BCUT2D eigenvalue weighted by Gasteiger charge is 2.53. The fourth-order valence-corrected chi connectivity index (χ4v) is 10.0. The largest absolute Gasteiger partial charge is 0.460 e. The van der Waals surface area contributed by atoms with Crippen molar-refractivity contribution in [3.8, 4) is 0 Å². The number of Topliss-reactive ketones (excluding diaryl/α,β-unsaturated/α-hetero) is 3. The Kier molecular flexibility index (Phi) is 20.4. The van der Waals surface area contributed by atoms with Crippen molar-refractivity contribution in [1.82, 2.24) is 4.90 Å². The van der Waals surface area contributed by atoms with Crippen LogP contribution < -0.4 is 0 Å². The lowest BCUT2D eigenvalue weighted by molar-refractivity contribution is -0.264. The van der Waals surface area contributed by atoms with Crippen LogP contribution in [0.25, 0.3) is 0 Å². The lowest BCUT2D eigenvalue weighted by Crippen LogP contribution is -2.60. The van der Waals surface area contributed by atoms with E-state index >= 15 is 0 Å². The van der Waals surface area contributed by atoms with Gasteiger partial charge in [-0.15, -0.1) is 0 Å². The Bertz CT molecular complexity index is 1740. The number of fused-ring (bicyclic) bond motifs is 3. The number of carbonyl (C=O) groups is 5. The summed E-state index contributed by atoms with van der Waals surface area (Å²) in [5, 5.41) is 33.8. The number of ketones is 3. The Labute approximate surface area is 382 Å². The predicted octanol–water partition coefficient (Wildman–Crippen LogP) is 6.80. The van der Waals surface area contributed by atoms with Gasteiger partial charge in [0, 0.05) is 44.9 Å². The molecule has 1 amide bonds. The van der Waals surface area contributed by atoms with Gasteiger partial charge in [0.1, 0.15) is 30.1 Å². The number of piperidine rings is 1. The van der Waals surface area contributed by atoms with Gasteiger partial charge in [0.25, 0.3) is 11.7 Å². The molecule has 0 spiro atoms. The van der Waals surface area contributed by atoms with E-state index in [1.54, 1.807) is 34.0 Å². The summed E-state index contributed by atoms with van der Waals surface area (Å²) in [7, 11) is 2.95. The van der Waals surface area contributed by atoms with Crippen molar-refractivity contribution in [2.45, 2.75) is 181 Å². The summed E-state index contributed by atoms with van der Waals surface area (Å²) < 4.78 is 23.6. The minimum atomic E-state index is -2.37. The van der Waals surface area contributed by atoms with E-state index in [1.165, 1.54) is 12.0 Å². The zero-order valence-electron chi connectivity index (χ0n) is 40.2. The summed E-state index contributed by atoms with van der Waals surface area (Å²) in [6.45, 7) is 15.0. The Hall–Kier alpha value is -3.33. The summed E-state index contributed by atoms with van der Waals surface area (Å²) in [5.41, 5.74) is 1.46. The fourth-order valence-electron chi connectivity index (χ4n) is 10.0. The quantitative estimate of drug-likeness (QED) is 0.149. The van der Waals surface area contributed by atoms with Crippen LogP contribution in [-0.2, 0) is 42.9 Å². The van der Waals surface area contributed by atoms with E-state index < -0.39 is 77.8 Å². The molecular formula is C51H79NO12. The normalized spacial score (nSPS) is 40.9. The van der Waals surface area contributed by atoms with Gasteiger partial charge >= 0.3 is 5.97 Å². The first-order valence-corrected chi connectivity index (χ1v) is 23.9. The Morgan fingerprint density at radius 1 is 0.844 bits per heavy atom. The molecule has 13 heteroatoms. The molecule has 3 aliphatic heterocycles. The molecule has 0 aromatic carbocycles. The zero-order chi connectivity index (χ0) is 47.5. The minimum absolute atomic E-state index is 0.0315. The van der Waals surface area contributed by atoms with E-state index in [4.69, 9.17) is 18.9 Å². The lowest BCUT2D eigenvalue weighted by atomic mass is 9.78. The second-order valence-electron chi connectivity index (χ2n) is 19.8. The van der Waals surface area contributed by atoms with Crippen molar-refractivity contribution in [3.63, 3.8) is 0 Å². The van der Waals surface area contributed by atoms with Crippen LogP contribution >= 0.6 is 0 Å². The van der Waals surface area contributed by atoms with Gasteiger partial charge in [-0.3, -0.25) is 19.2 Å². The Balaban J connectivity index is 1.69. The topological polar surface area (TPSA) is 186 Å². The second kappa shape index (κ2) is 24.4. The number of rotatable bonds is 5. The molecule has 3 fully saturated rings. The molecule has 2 saturated heterocycles. The maximum Gasteiger partial charge on any atom is 0.329 e. The van der Waals surface area contributed by atoms with E-state index in [-0.39, 0.29) is 60.7 Å². The highest BCUT2D eigenvalue weighted by molar-refractivity contribution is 6.39. The van der Waals surface area contributed by atoms with E-state index in [9.17, 15) is 39.3 Å². The molecule has 0 aromatic heterocycles. The number of allylic oxidation sites excluding steroid dienone is 7. The molecule has 2 bridgehead atoms. The molecule has 0 radical (unpaired) electrons. The van der Waals surface area contributed by atoms with Crippen LogP contribution in [0.2, 0.25) is 0 Å². The molecule has 64 heavy (non-hydrogen) atoms. The van der Waals surface area contributed by atoms with Crippen LogP contribution in [0.1, 0.15) is 132 Å². The molecule has 1 aliphatic carbocycles. The maximum absolute atomic E-state index is 14.3. The smallest absolute Gasteiger partial charge is 0.329 e. The average molecular weight is 898 g/mol. The lowest BCUT2D eigenvalue weighted by Gasteiger charge is -2.42. The third-order valence-electron chi connectivity index (χ3n) is 14.6. The highest BCUT2D eigenvalue weighted by atomic mass is 16.6. The molecule has 4 aliphatic rings. The number of cyclic esters (lactones) is 1. The van der Waals surface area contributed by atoms with Crippen molar-refractivity contribution in [2.24, 2.45) is 41.4 Å². The van der Waals surface area contributed by atoms with E-state index in [0.29, 0.717) is 63.4 Å². The van der Waals surface area contributed by atoms with Gasteiger partial charge in [-0.05, 0) is 114 Å². The van der Waals surface area contributed by atoms with Gasteiger partial charge in [0.05, 0.1) is 18.3 Å². The summed E-state index contributed by atoms with van der Waals surface area (Å²) in [6, 6.07) is -1.12. The van der Waals surface area contributed by atoms with E-state index in [1.807, 2.05) is 65.0 Å². The Morgan fingerprint density at radius 2 is 1.56 bits per heavy atom. The first-order valence-electron chi connectivity index (χ1n) is 23.9. The third-order valence-corrected chi connectivity index (χ3v) is 14.6. The van der Waals surface area contributed by atoms with E-state index in [2.05, 4.69) is 0 Å². The van der Waals surface area contributed by atoms with Crippen LogP contribution in [0.4, 0.5) is 0 Å². The fraction of sp³-hybridized carbons (Fsp3) is 0.745. The third kappa shape index (κ3) is 13.9. The second-order valence-corrected chi connectivity index (χ2v) is 19.8. The number of aliphatic hydroxyl groups is 3.